The first-order valence-electron chi connectivity index (χ1n) is 14.9. The average molecular weight is 627 g/mol. The van der Waals surface area contributed by atoms with Crippen LogP contribution in [-0.4, -0.2) is 70.0 Å². The van der Waals surface area contributed by atoms with E-state index in [-0.39, 0.29) is 12.1 Å². The summed E-state index contributed by atoms with van der Waals surface area (Å²) < 4.78 is 47.8. The molecule has 7 rings (SSSR count). The van der Waals surface area contributed by atoms with Gasteiger partial charge in [0, 0.05) is 26.2 Å². The van der Waals surface area contributed by atoms with Crippen molar-refractivity contribution in [2.24, 2.45) is 0 Å². The van der Waals surface area contributed by atoms with Gasteiger partial charge in [0.1, 0.15) is 28.4 Å². The second-order valence-electron chi connectivity index (χ2n) is 10.9. The highest BCUT2D eigenvalue weighted by Crippen LogP contribution is 2.30. The van der Waals surface area contributed by atoms with Gasteiger partial charge < -0.3 is 33.6 Å². The van der Waals surface area contributed by atoms with Crippen LogP contribution in [0.4, 0.5) is 20.5 Å². The third-order valence-corrected chi connectivity index (χ3v) is 8.10. The number of imidazole rings is 2. The van der Waals surface area contributed by atoms with Crippen molar-refractivity contribution in [3.8, 4) is 11.5 Å². The summed E-state index contributed by atoms with van der Waals surface area (Å²) in [5.74, 6) is 1.20. The molecule has 0 unspecified atom stereocenters. The Morgan fingerprint density at radius 2 is 1.54 bits per heavy atom. The van der Waals surface area contributed by atoms with Crippen molar-refractivity contribution in [1.29, 1.82) is 0 Å². The SMILES string of the molecule is COc1ccc(CN(Cc2nc3c(F)c(F)ccc3n2Cc2ccc(OC)cc2)c2nc(N3CCOCC3)nc3nc[nH]c23)cc1. The van der Waals surface area contributed by atoms with Gasteiger partial charge in [-0.25, -0.2) is 18.7 Å². The molecule has 4 heterocycles. The number of methoxy groups -OCH3 is 2. The van der Waals surface area contributed by atoms with Gasteiger partial charge in [0.25, 0.3) is 0 Å². The van der Waals surface area contributed by atoms with E-state index in [0.29, 0.717) is 73.7 Å². The molecule has 0 atom stereocenters. The number of hydrogen-bond acceptors (Lipinski definition) is 9. The summed E-state index contributed by atoms with van der Waals surface area (Å²) >= 11 is 0. The number of ether oxygens (including phenoxy) is 3. The fraction of sp³-hybridized carbons (Fsp3) is 0.273. The lowest BCUT2D eigenvalue weighted by atomic mass is 10.2. The fourth-order valence-electron chi connectivity index (χ4n) is 5.66. The molecule has 1 saturated heterocycles. The summed E-state index contributed by atoms with van der Waals surface area (Å²) in [7, 11) is 3.24. The molecule has 3 aromatic heterocycles. The molecule has 0 radical (unpaired) electrons. The highest BCUT2D eigenvalue weighted by molar-refractivity contribution is 5.84. The van der Waals surface area contributed by atoms with E-state index < -0.39 is 11.6 Å². The predicted molar refractivity (Wildman–Crippen MR) is 169 cm³/mol. The topological polar surface area (TPSA) is 106 Å². The summed E-state index contributed by atoms with van der Waals surface area (Å²) in [6.45, 7) is 3.45. The number of nitrogens with one attached hydrogen (secondary N) is 1. The van der Waals surface area contributed by atoms with Crippen molar-refractivity contribution < 1.29 is 23.0 Å². The zero-order valence-corrected chi connectivity index (χ0v) is 25.4. The van der Waals surface area contributed by atoms with E-state index in [1.807, 2.05) is 58.0 Å². The number of anilines is 2. The number of halogens is 2. The monoisotopic (exact) mass is 626 g/mol. The zero-order chi connectivity index (χ0) is 31.6. The van der Waals surface area contributed by atoms with E-state index in [2.05, 4.69) is 19.9 Å². The first-order valence-corrected chi connectivity index (χ1v) is 14.9. The van der Waals surface area contributed by atoms with Crippen molar-refractivity contribution in [3.63, 3.8) is 0 Å². The van der Waals surface area contributed by atoms with E-state index in [4.69, 9.17) is 24.2 Å². The number of aromatic nitrogens is 6. The molecule has 1 N–H and O–H groups in total. The largest absolute Gasteiger partial charge is 0.497 e. The highest BCUT2D eigenvalue weighted by atomic mass is 19.2. The van der Waals surface area contributed by atoms with Crippen molar-refractivity contribution in [1.82, 2.24) is 29.5 Å². The number of morpholine rings is 1. The summed E-state index contributed by atoms with van der Waals surface area (Å²) in [5.41, 5.74) is 3.55. The maximum absolute atomic E-state index is 15.2. The van der Waals surface area contributed by atoms with Crippen LogP contribution in [0.1, 0.15) is 17.0 Å². The average Bonchev–Trinajstić information content (AvgIpc) is 3.72. The van der Waals surface area contributed by atoms with Gasteiger partial charge in [0.2, 0.25) is 5.95 Å². The molecule has 0 saturated carbocycles. The van der Waals surface area contributed by atoms with Gasteiger partial charge in [-0.05, 0) is 47.5 Å². The van der Waals surface area contributed by atoms with Crippen LogP contribution in [0.25, 0.3) is 22.2 Å². The Morgan fingerprint density at radius 3 is 2.24 bits per heavy atom. The minimum Gasteiger partial charge on any atom is -0.497 e. The van der Waals surface area contributed by atoms with Crippen molar-refractivity contribution in [2.45, 2.75) is 19.6 Å². The van der Waals surface area contributed by atoms with Crippen LogP contribution in [0.2, 0.25) is 0 Å². The van der Waals surface area contributed by atoms with Crippen LogP contribution in [0, 0.1) is 11.6 Å². The Morgan fingerprint density at radius 1 is 0.848 bits per heavy atom. The second-order valence-corrected chi connectivity index (χ2v) is 10.9. The lowest BCUT2D eigenvalue weighted by Gasteiger charge is -2.29. The molecule has 0 amide bonds. The number of H-pyrrole nitrogens is 1. The quantitative estimate of drug-likeness (QED) is 0.223. The molecule has 11 nitrogen and oxygen atoms in total. The number of hydrogen-bond donors (Lipinski definition) is 1. The molecule has 0 aliphatic carbocycles. The highest BCUT2D eigenvalue weighted by Gasteiger charge is 2.25. The van der Waals surface area contributed by atoms with Crippen LogP contribution >= 0.6 is 0 Å². The van der Waals surface area contributed by atoms with Crippen molar-refractivity contribution >= 4 is 34.0 Å². The lowest BCUT2D eigenvalue weighted by Crippen LogP contribution is -2.37. The number of rotatable bonds is 10. The Bertz CT molecular complexity index is 1970. The van der Waals surface area contributed by atoms with Gasteiger partial charge >= 0.3 is 0 Å². The van der Waals surface area contributed by atoms with E-state index in [1.54, 1.807) is 26.6 Å². The molecule has 13 heteroatoms. The van der Waals surface area contributed by atoms with Crippen LogP contribution in [-0.2, 0) is 24.4 Å². The van der Waals surface area contributed by atoms with Gasteiger partial charge in [0.15, 0.2) is 23.1 Å². The minimum atomic E-state index is -0.985. The fourth-order valence-corrected chi connectivity index (χ4v) is 5.66. The summed E-state index contributed by atoms with van der Waals surface area (Å²) in [4.78, 5) is 26.3. The summed E-state index contributed by atoms with van der Waals surface area (Å²) in [5, 5.41) is 0. The normalized spacial score (nSPS) is 13.4. The third kappa shape index (κ3) is 5.76. The molecule has 236 valence electrons. The van der Waals surface area contributed by atoms with Gasteiger partial charge in [-0.3, -0.25) is 0 Å². The molecular weight excluding hydrogens is 594 g/mol. The summed E-state index contributed by atoms with van der Waals surface area (Å²) in [6.07, 6.45) is 1.59. The maximum Gasteiger partial charge on any atom is 0.229 e. The molecule has 1 fully saturated rings. The third-order valence-electron chi connectivity index (χ3n) is 8.10. The van der Waals surface area contributed by atoms with Crippen LogP contribution in [0.5, 0.6) is 11.5 Å². The molecule has 0 spiro atoms. The maximum atomic E-state index is 15.2. The van der Waals surface area contributed by atoms with Gasteiger partial charge in [-0.2, -0.15) is 9.97 Å². The zero-order valence-electron chi connectivity index (χ0n) is 25.4. The molecule has 3 aromatic carbocycles. The first-order chi connectivity index (χ1) is 22.5. The molecule has 46 heavy (non-hydrogen) atoms. The van der Waals surface area contributed by atoms with Crippen LogP contribution < -0.4 is 19.3 Å². The van der Waals surface area contributed by atoms with E-state index in [0.717, 1.165) is 28.7 Å². The van der Waals surface area contributed by atoms with Crippen molar-refractivity contribution in [2.75, 3.05) is 50.3 Å². The van der Waals surface area contributed by atoms with Gasteiger partial charge in [-0.15, -0.1) is 0 Å². The lowest BCUT2D eigenvalue weighted by molar-refractivity contribution is 0.122. The number of fused-ring (bicyclic) bond motifs is 2. The van der Waals surface area contributed by atoms with Gasteiger partial charge in [-0.1, -0.05) is 24.3 Å². The standard InChI is InChI=1S/C33H32F2N8O3/c1-44-23-7-3-21(4-8-23)17-42(32-30-31(37-20-36-30)39-33(40-32)41-13-15-46-16-14-41)19-27-38-29-26(12-11-25(34)28(29)35)43(27)18-22-5-9-24(45-2)10-6-22/h3-12,20H,13-19H2,1-2H3,(H,36,37,39,40). The number of benzene rings is 3. The summed E-state index contributed by atoms with van der Waals surface area (Å²) in [6, 6.07) is 18.1. The molecule has 6 aromatic rings. The smallest absolute Gasteiger partial charge is 0.229 e. The molecule has 0 bridgehead atoms. The van der Waals surface area contributed by atoms with E-state index >= 15 is 4.39 Å². The van der Waals surface area contributed by atoms with E-state index in [1.165, 1.54) is 0 Å². The first kappa shape index (κ1) is 29.4. The Balaban J connectivity index is 1.35. The van der Waals surface area contributed by atoms with Crippen LogP contribution in [0.3, 0.4) is 0 Å². The molecule has 1 aliphatic rings. The predicted octanol–water partition coefficient (Wildman–Crippen LogP) is 5.09. The van der Waals surface area contributed by atoms with Crippen molar-refractivity contribution in [3.05, 3.63) is 95.6 Å². The Hall–Kier alpha value is -5.30. The molecular formula is C33H32F2N8O3. The Labute approximate surface area is 263 Å². The van der Waals surface area contributed by atoms with E-state index in [9.17, 15) is 4.39 Å². The number of aromatic amines is 1. The second kappa shape index (κ2) is 12.6. The van der Waals surface area contributed by atoms with Gasteiger partial charge in [0.05, 0.1) is 45.8 Å². The molecule has 1 aliphatic heterocycles. The Kier molecular flexibility index (Phi) is 8.06. The number of nitrogens with zero attached hydrogens (tertiary/aromatic N) is 7. The van der Waals surface area contributed by atoms with Crippen LogP contribution in [0.15, 0.2) is 67.0 Å². The minimum absolute atomic E-state index is 0.0312.